The summed E-state index contributed by atoms with van der Waals surface area (Å²) in [6.45, 7) is 56.9. The molecular formula is C87H119Cl4F8N3O26S4. The quantitative estimate of drug-likeness (QED) is 0.0184. The Kier molecular flexibility index (Phi) is 45.7. The molecule has 0 bridgehead atoms. The molecular weight excluding hydrogens is 1930 g/mol. The molecule has 0 radical (unpaired) electrons. The lowest BCUT2D eigenvalue weighted by molar-refractivity contribution is -0.204. The fourth-order valence-electron chi connectivity index (χ4n) is 10.1. The van der Waals surface area contributed by atoms with Gasteiger partial charge < -0.3 is 14.3 Å². The molecule has 0 aliphatic carbocycles. The van der Waals surface area contributed by atoms with Crippen LogP contribution < -0.4 is 9.47 Å². The summed E-state index contributed by atoms with van der Waals surface area (Å²) in [7, 11) is -19.7. The second-order valence-electron chi connectivity index (χ2n) is 39.6. The van der Waals surface area contributed by atoms with Crippen molar-refractivity contribution in [3.63, 3.8) is 0 Å². The van der Waals surface area contributed by atoms with Gasteiger partial charge in [0.15, 0.2) is 56.2 Å². The first-order valence-corrected chi connectivity index (χ1v) is 47.0. The summed E-state index contributed by atoms with van der Waals surface area (Å²) in [6, 6.07) is 4.30. The third-order valence-electron chi connectivity index (χ3n) is 16.8. The summed E-state index contributed by atoms with van der Waals surface area (Å²) in [5.41, 5.74) is -4.53. The van der Waals surface area contributed by atoms with Crippen molar-refractivity contribution < 1.29 is 154 Å². The van der Waals surface area contributed by atoms with E-state index in [0.29, 0.717) is 48.6 Å². The Hall–Kier alpha value is -8.23. The van der Waals surface area contributed by atoms with Gasteiger partial charge in [0.25, 0.3) is 43.9 Å². The van der Waals surface area contributed by atoms with Gasteiger partial charge in [-0.2, -0.15) is 42.5 Å². The van der Waals surface area contributed by atoms with Crippen molar-refractivity contribution in [2.45, 2.75) is 282 Å². The van der Waals surface area contributed by atoms with Gasteiger partial charge in [-0.1, -0.05) is 178 Å². The summed E-state index contributed by atoms with van der Waals surface area (Å²) < 4.78 is 239. The molecule has 3 aliphatic heterocycles. The Bertz CT molecular complexity index is 5390. The van der Waals surface area contributed by atoms with Crippen molar-refractivity contribution in [2.75, 3.05) is 6.54 Å². The number of hydroxylamine groups is 2. The second-order valence-corrected chi connectivity index (χ2v) is 46.8. The fourth-order valence-corrected chi connectivity index (χ4v) is 14.3. The maximum Gasteiger partial charge on any atom is 0.338 e. The lowest BCUT2D eigenvalue weighted by Gasteiger charge is -2.29. The van der Waals surface area contributed by atoms with Gasteiger partial charge in [-0.25, -0.2) is 31.1 Å². The van der Waals surface area contributed by atoms with Crippen molar-refractivity contribution in [1.82, 2.24) is 14.9 Å². The first kappa shape index (κ1) is 126. The number of likely N-dealkylation sites (tertiary alicyclic amines) is 1. The van der Waals surface area contributed by atoms with Crippen LogP contribution in [0.3, 0.4) is 0 Å². The Morgan fingerprint density at radius 3 is 0.992 bits per heavy atom. The number of halogens is 12. The third-order valence-corrected chi connectivity index (χ3v) is 21.4. The highest BCUT2D eigenvalue weighted by Crippen LogP contribution is 2.41. The number of hydrogen-bond donors (Lipinski definition) is 4. The average Bonchev–Trinajstić information content (AvgIpc) is 0.837. The van der Waals surface area contributed by atoms with E-state index < -0.39 is 170 Å². The van der Waals surface area contributed by atoms with Gasteiger partial charge in [0.1, 0.15) is 5.78 Å². The highest BCUT2D eigenvalue weighted by molar-refractivity contribution is 7.86. The van der Waals surface area contributed by atoms with Crippen molar-refractivity contribution in [3.8, 4) is 11.5 Å². The maximum atomic E-state index is 13.6. The van der Waals surface area contributed by atoms with Crippen molar-refractivity contribution in [3.05, 3.63) is 127 Å². The monoisotopic (exact) mass is 2040 g/mol. The Morgan fingerprint density at radius 2 is 0.758 bits per heavy atom. The van der Waals surface area contributed by atoms with E-state index in [2.05, 4.69) is 52.9 Å². The number of Topliss-reactive ketones (excluding diaryl/α,β-unsaturated/α-hetero) is 1. The predicted molar refractivity (Wildman–Crippen MR) is 477 cm³/mol. The summed E-state index contributed by atoms with van der Waals surface area (Å²) in [4.78, 5) is 126. The zero-order chi connectivity index (χ0) is 105. The molecule has 0 spiro atoms. The van der Waals surface area contributed by atoms with Crippen LogP contribution in [0.4, 0.5) is 35.1 Å². The van der Waals surface area contributed by atoms with Crippen LogP contribution in [-0.2, 0) is 109 Å². The van der Waals surface area contributed by atoms with Gasteiger partial charge >= 0.3 is 38.1 Å². The number of rotatable bonds is 13. The Labute approximate surface area is 787 Å². The SMILES string of the molecule is C=CC(=O)CC(C)(C)C.CC(C)(C)C(=O)Oc1c(Cl)cc(S(=O)(=O)O)cc1Cl.CC(C)(C)C(=O)Oc1c(F)c(F)c(S(=O)(=O)O)c(F)c1F.CC(C)(C)CCN1C(=O)C=CC1=O.CC(C)(C)c1c(Cl)cc(S(=O)(=O)O)cc1Cl.CC(C)(C)c1c(F)c(F)c(S(=O)(=O)O)c(F)c1F.CC1CC(=O)N(C(C)(C)C)C1=O.CC1CC(=O)N(OC(=O)C(C)(C)C)C1=O.CCC(=O)CC(C)(C)C. The third kappa shape index (κ3) is 40.7. The standard InChI is InChI=1S/C11H12Cl2O5S.C11H10F4O5S.C10H12Cl2O3S.C10H10F4O3S.C10H15NO4.C10H15NO2.C9H15NO2.C8H16O.C8H14O/c1-11(2,3)10(14)18-9-7(12)4-6(5-8(9)13)19(15,16)17;1-11(2,3)10(16)20-8-4(12)6(14)9(21(17,18)19)7(15)5(8)13;1-10(2,3)9-7(11)4-6(5-8(9)12)16(13,14)15;1-10(2,3)4-5(11)7(13)9(18(15,16)17)8(14)6(4)12;1-6-5-7(12)11(8(6)13)15-9(14)10(2,3)4;1-10(2,3)6-7-11-8(12)4-5-9(11)13;1-6-5-7(11)10(8(6)12)9(2,3)4;2*1-5-7(9)6-8(2,3)4/h4-5H,1-3H3,(H,15,16,17);1-3H3,(H,17,18,19);4-5H,1-3H3,(H,13,14,15);1-3H3,(H,15,16,17);6H,5H2,1-4H3;4-5H,6-7H2,1-3H3;6H,5H2,1-4H3;5-6H2,1-4H3;5H,1,6H2,2-4H3. The van der Waals surface area contributed by atoms with Crippen LogP contribution in [0.15, 0.2) is 68.7 Å². The van der Waals surface area contributed by atoms with Crippen molar-refractivity contribution >= 4 is 152 Å². The lowest BCUT2D eigenvalue weighted by atomic mass is 9.86. The molecule has 4 aromatic carbocycles. The first-order chi connectivity index (χ1) is 58.5. The van der Waals surface area contributed by atoms with Gasteiger partial charge in [0.05, 0.1) is 36.1 Å². The lowest BCUT2D eigenvalue weighted by Crippen LogP contribution is -2.45. The number of ether oxygens (including phenoxy) is 2. The molecule has 4 aromatic rings. The molecule has 2 fully saturated rings. The topological polar surface area (TPSA) is 443 Å². The molecule has 45 heteroatoms. The predicted octanol–water partition coefficient (Wildman–Crippen LogP) is 20.0. The number of ketones is 2. The fraction of sp³-hybridized carbons (Fsp3) is 0.552. The molecule has 2 unspecified atom stereocenters. The summed E-state index contributed by atoms with van der Waals surface area (Å²) >= 11 is 23.5. The van der Waals surface area contributed by atoms with Gasteiger partial charge in [0.2, 0.25) is 29.2 Å². The summed E-state index contributed by atoms with van der Waals surface area (Å²) in [5.74, 6) is -22.9. The molecule has 29 nitrogen and oxygen atoms in total. The number of benzene rings is 4. The van der Waals surface area contributed by atoms with Crippen molar-refractivity contribution in [2.24, 2.45) is 44.3 Å². The second kappa shape index (κ2) is 48.0. The molecule has 3 aliphatic rings. The van der Waals surface area contributed by atoms with Crippen LogP contribution in [0.2, 0.25) is 20.1 Å². The minimum atomic E-state index is -5.55. The minimum absolute atomic E-state index is 0.0347. The summed E-state index contributed by atoms with van der Waals surface area (Å²) in [5, 5.41) is 0.675. The van der Waals surface area contributed by atoms with E-state index in [4.69, 9.17) is 74.2 Å². The molecule has 0 aromatic heterocycles. The first-order valence-electron chi connectivity index (χ1n) is 39.7. The molecule has 2 atom stereocenters. The van der Waals surface area contributed by atoms with E-state index in [9.17, 15) is 122 Å². The number of allylic oxidation sites excluding steroid dienone is 1. The smallest absolute Gasteiger partial charge is 0.338 e. The number of hydrogen-bond acceptors (Lipinski definition) is 22. The molecule has 746 valence electrons. The van der Waals surface area contributed by atoms with Gasteiger partial charge in [-0.05, 0) is 152 Å². The van der Waals surface area contributed by atoms with Crippen LogP contribution in [0.25, 0.3) is 0 Å². The highest BCUT2D eigenvalue weighted by Gasteiger charge is 2.44. The minimum Gasteiger partial charge on any atom is -0.423 e. The molecule has 132 heavy (non-hydrogen) atoms. The van der Waals surface area contributed by atoms with Crippen molar-refractivity contribution in [1.29, 1.82) is 0 Å². The van der Waals surface area contributed by atoms with Crippen LogP contribution in [0.5, 0.6) is 11.5 Å². The maximum absolute atomic E-state index is 13.6. The zero-order valence-electron chi connectivity index (χ0n) is 79.1. The van der Waals surface area contributed by atoms with Gasteiger partial charge in [-0.3, -0.25) is 76.0 Å². The molecule has 3 heterocycles. The average molecular weight is 2040 g/mol. The van der Waals surface area contributed by atoms with E-state index >= 15 is 0 Å². The van der Waals surface area contributed by atoms with Crippen LogP contribution in [0.1, 0.15) is 257 Å². The molecule has 6 amide bonds. The number of nitrogens with zero attached hydrogens (tertiary/aromatic N) is 3. The Balaban J connectivity index is 0. The van der Waals surface area contributed by atoms with Gasteiger partial charge in [-0.15, -0.1) is 5.06 Å². The van der Waals surface area contributed by atoms with E-state index in [0.717, 1.165) is 18.6 Å². The molecule has 0 saturated carbocycles. The van der Waals surface area contributed by atoms with E-state index in [1.54, 1.807) is 55.4 Å². The van der Waals surface area contributed by atoms with Crippen LogP contribution in [0, 0.1) is 90.9 Å². The number of esters is 2. The molecule has 2 saturated heterocycles. The largest absolute Gasteiger partial charge is 0.423 e. The normalized spacial score (nSPS) is 15.1. The molecule has 7 rings (SSSR count). The summed E-state index contributed by atoms with van der Waals surface area (Å²) in [6.07, 6.45) is 7.33. The Morgan fingerprint density at radius 1 is 0.439 bits per heavy atom. The van der Waals surface area contributed by atoms with E-state index in [-0.39, 0.29) is 99.7 Å². The van der Waals surface area contributed by atoms with Gasteiger partial charge in [0, 0.05) is 83.8 Å². The van der Waals surface area contributed by atoms with E-state index in [1.807, 2.05) is 69.2 Å². The van der Waals surface area contributed by atoms with Crippen LogP contribution in [-0.4, -0.2) is 144 Å². The highest BCUT2D eigenvalue weighted by atomic mass is 35.5. The number of carbonyl (C=O) groups excluding carboxylic acids is 11. The van der Waals surface area contributed by atoms with E-state index in [1.165, 1.54) is 81.7 Å². The van der Waals surface area contributed by atoms with Crippen LogP contribution >= 0.6 is 46.4 Å². The zero-order valence-corrected chi connectivity index (χ0v) is 85.4. The number of carbonyl (C=O) groups is 11. The number of amides is 6. The molecule has 4 N–H and O–H groups in total. The number of imide groups is 3.